The fourth-order valence-electron chi connectivity index (χ4n) is 3.24. The molecule has 0 radical (unpaired) electrons. The highest BCUT2D eigenvalue weighted by molar-refractivity contribution is 6.30. The molecule has 1 aliphatic carbocycles. The molecule has 0 spiro atoms. The summed E-state index contributed by atoms with van der Waals surface area (Å²) in [6.07, 6.45) is 6.46. The molecule has 28 heavy (non-hydrogen) atoms. The Kier molecular flexibility index (Phi) is 6.12. The van der Waals surface area contributed by atoms with E-state index in [4.69, 9.17) is 16.0 Å². The van der Waals surface area contributed by atoms with Gasteiger partial charge in [-0.3, -0.25) is 14.9 Å². The number of nitriles is 1. The van der Waals surface area contributed by atoms with E-state index in [1.807, 2.05) is 6.07 Å². The number of hydrogen-bond acceptors (Lipinski definition) is 5. The second-order valence-electron chi connectivity index (χ2n) is 6.60. The van der Waals surface area contributed by atoms with Crippen LogP contribution in [0.2, 0.25) is 5.02 Å². The molecular formula is C20H18ClN3O4. The van der Waals surface area contributed by atoms with Gasteiger partial charge in [0.15, 0.2) is 0 Å². The first kappa shape index (κ1) is 19.6. The van der Waals surface area contributed by atoms with E-state index in [0.717, 1.165) is 25.7 Å². The van der Waals surface area contributed by atoms with Crippen LogP contribution in [0.5, 0.6) is 0 Å². The van der Waals surface area contributed by atoms with Crippen LogP contribution in [0.4, 0.5) is 5.69 Å². The Morgan fingerprint density at radius 2 is 2.04 bits per heavy atom. The van der Waals surface area contributed by atoms with Gasteiger partial charge in [0, 0.05) is 23.2 Å². The number of nitrogens with zero attached hydrogens (tertiary/aromatic N) is 2. The summed E-state index contributed by atoms with van der Waals surface area (Å²) in [4.78, 5) is 23.1. The Balaban J connectivity index is 1.82. The minimum atomic E-state index is -0.544. The Morgan fingerprint density at radius 1 is 1.29 bits per heavy atom. The third-order valence-electron chi connectivity index (χ3n) is 4.64. The van der Waals surface area contributed by atoms with Gasteiger partial charge in [0.05, 0.1) is 10.5 Å². The zero-order valence-corrected chi connectivity index (χ0v) is 15.7. The van der Waals surface area contributed by atoms with Crippen LogP contribution < -0.4 is 5.32 Å². The van der Waals surface area contributed by atoms with Crippen molar-refractivity contribution in [1.29, 1.82) is 5.26 Å². The summed E-state index contributed by atoms with van der Waals surface area (Å²) in [6.45, 7) is 0. The molecular weight excluding hydrogens is 382 g/mol. The highest BCUT2D eigenvalue weighted by Crippen LogP contribution is 2.33. The number of furan rings is 1. The first-order valence-electron chi connectivity index (χ1n) is 8.94. The van der Waals surface area contributed by atoms with Gasteiger partial charge < -0.3 is 9.73 Å². The van der Waals surface area contributed by atoms with Gasteiger partial charge >= 0.3 is 0 Å². The summed E-state index contributed by atoms with van der Waals surface area (Å²) in [5.74, 6) is 0.0685. The van der Waals surface area contributed by atoms with Gasteiger partial charge in [0.1, 0.15) is 23.2 Å². The van der Waals surface area contributed by atoms with Crippen molar-refractivity contribution in [2.24, 2.45) is 0 Å². The highest BCUT2D eigenvalue weighted by Gasteiger charge is 2.20. The summed E-state index contributed by atoms with van der Waals surface area (Å²) >= 11 is 5.83. The van der Waals surface area contributed by atoms with E-state index in [1.165, 1.54) is 30.7 Å². The first-order chi connectivity index (χ1) is 13.5. The van der Waals surface area contributed by atoms with Gasteiger partial charge in [0.2, 0.25) is 0 Å². The number of nitrogens with one attached hydrogen (secondary N) is 1. The third kappa shape index (κ3) is 4.59. The Bertz CT molecular complexity index is 968. The fraction of sp³-hybridized carbons (Fsp3) is 0.300. The molecule has 0 bridgehead atoms. The van der Waals surface area contributed by atoms with Crippen molar-refractivity contribution in [3.05, 3.63) is 56.8 Å². The Labute approximate surface area is 166 Å². The molecule has 8 heteroatoms. The number of nitro benzene ring substituents is 1. The molecule has 1 heterocycles. The SMILES string of the molecule is N#C/C(=C\c1ccc(-c2ccc(Cl)cc2[N+](=O)[O-])o1)C(=O)NC1CCCCC1. The molecule has 0 saturated heterocycles. The van der Waals surface area contributed by atoms with Crippen LogP contribution >= 0.6 is 11.6 Å². The minimum Gasteiger partial charge on any atom is -0.456 e. The average molecular weight is 400 g/mol. The number of hydrogen-bond donors (Lipinski definition) is 1. The zero-order chi connectivity index (χ0) is 20.1. The molecule has 1 amide bonds. The number of amides is 1. The van der Waals surface area contributed by atoms with E-state index in [2.05, 4.69) is 5.32 Å². The van der Waals surface area contributed by atoms with Crippen molar-refractivity contribution in [2.75, 3.05) is 0 Å². The standard InChI is InChI=1S/C20H18ClN3O4/c21-14-6-8-17(18(11-14)24(26)27)19-9-7-16(28-19)10-13(12-22)20(25)23-15-4-2-1-3-5-15/h6-11,15H,1-5H2,(H,23,25)/b13-10+. The minimum absolute atomic E-state index is 0.0721. The predicted molar refractivity (Wildman–Crippen MR) is 104 cm³/mol. The van der Waals surface area contributed by atoms with Gasteiger partial charge in [-0.25, -0.2) is 0 Å². The molecule has 1 aromatic heterocycles. The lowest BCUT2D eigenvalue weighted by molar-refractivity contribution is -0.384. The summed E-state index contributed by atoms with van der Waals surface area (Å²) in [6, 6.07) is 9.35. The van der Waals surface area contributed by atoms with Crippen molar-refractivity contribution in [2.45, 2.75) is 38.1 Å². The van der Waals surface area contributed by atoms with E-state index in [0.29, 0.717) is 0 Å². The maximum Gasteiger partial charge on any atom is 0.281 e. The molecule has 1 aliphatic rings. The van der Waals surface area contributed by atoms with E-state index >= 15 is 0 Å². The summed E-state index contributed by atoms with van der Waals surface area (Å²) < 4.78 is 5.62. The quantitative estimate of drug-likeness (QED) is 0.334. The van der Waals surface area contributed by atoms with Gasteiger partial charge in [-0.2, -0.15) is 5.26 Å². The van der Waals surface area contributed by atoms with Gasteiger partial charge in [0.25, 0.3) is 11.6 Å². The van der Waals surface area contributed by atoms with Crippen LogP contribution in [-0.4, -0.2) is 16.9 Å². The van der Waals surface area contributed by atoms with Crippen molar-refractivity contribution in [3.63, 3.8) is 0 Å². The topological polar surface area (TPSA) is 109 Å². The first-order valence-corrected chi connectivity index (χ1v) is 9.32. The zero-order valence-electron chi connectivity index (χ0n) is 15.0. The van der Waals surface area contributed by atoms with Crippen LogP contribution in [0.15, 0.2) is 40.3 Å². The number of nitro groups is 1. The van der Waals surface area contributed by atoms with Crippen LogP contribution in [0.3, 0.4) is 0 Å². The largest absolute Gasteiger partial charge is 0.456 e. The molecule has 0 aliphatic heterocycles. The summed E-state index contributed by atoms with van der Waals surface area (Å²) in [5, 5.41) is 23.7. The van der Waals surface area contributed by atoms with E-state index in [-0.39, 0.29) is 39.4 Å². The molecule has 7 nitrogen and oxygen atoms in total. The van der Waals surface area contributed by atoms with E-state index in [9.17, 15) is 20.2 Å². The van der Waals surface area contributed by atoms with E-state index < -0.39 is 10.8 Å². The lowest BCUT2D eigenvalue weighted by Gasteiger charge is -2.22. The van der Waals surface area contributed by atoms with Crippen LogP contribution in [0.1, 0.15) is 37.9 Å². The highest BCUT2D eigenvalue weighted by atomic mass is 35.5. The number of benzene rings is 1. The molecule has 1 fully saturated rings. The maximum atomic E-state index is 12.4. The van der Waals surface area contributed by atoms with Gasteiger partial charge in [-0.15, -0.1) is 0 Å². The molecule has 3 rings (SSSR count). The van der Waals surface area contributed by atoms with Gasteiger partial charge in [-0.05, 0) is 37.1 Å². The van der Waals surface area contributed by atoms with Crippen LogP contribution in [0, 0.1) is 21.4 Å². The van der Waals surface area contributed by atoms with Crippen LogP contribution in [-0.2, 0) is 4.79 Å². The second-order valence-corrected chi connectivity index (χ2v) is 7.04. The van der Waals surface area contributed by atoms with Crippen molar-refractivity contribution in [1.82, 2.24) is 5.32 Å². The number of halogens is 1. The van der Waals surface area contributed by atoms with Crippen LogP contribution in [0.25, 0.3) is 17.4 Å². The third-order valence-corrected chi connectivity index (χ3v) is 4.88. The van der Waals surface area contributed by atoms with Gasteiger partial charge in [-0.1, -0.05) is 30.9 Å². The molecule has 0 atom stereocenters. The Morgan fingerprint density at radius 3 is 2.71 bits per heavy atom. The fourth-order valence-corrected chi connectivity index (χ4v) is 3.41. The lowest BCUT2D eigenvalue weighted by Crippen LogP contribution is -2.36. The molecule has 1 N–H and O–H groups in total. The molecule has 2 aromatic rings. The predicted octanol–water partition coefficient (Wildman–Crippen LogP) is 4.86. The second kappa shape index (κ2) is 8.72. The van der Waals surface area contributed by atoms with Crippen molar-refractivity contribution >= 4 is 29.3 Å². The maximum absolute atomic E-state index is 12.4. The summed E-state index contributed by atoms with van der Waals surface area (Å²) in [5.41, 5.74) is 0.00391. The monoisotopic (exact) mass is 399 g/mol. The van der Waals surface area contributed by atoms with Crippen molar-refractivity contribution in [3.8, 4) is 17.4 Å². The summed E-state index contributed by atoms with van der Waals surface area (Å²) in [7, 11) is 0. The number of carbonyl (C=O) groups is 1. The molecule has 144 valence electrons. The lowest BCUT2D eigenvalue weighted by atomic mass is 9.95. The molecule has 1 aromatic carbocycles. The van der Waals surface area contributed by atoms with E-state index in [1.54, 1.807) is 12.1 Å². The average Bonchev–Trinajstić information content (AvgIpc) is 3.15. The number of rotatable bonds is 5. The smallest absolute Gasteiger partial charge is 0.281 e. The Hall–Kier alpha value is -3.11. The molecule has 1 saturated carbocycles. The van der Waals surface area contributed by atoms with Crippen molar-refractivity contribution < 1.29 is 14.1 Å². The number of carbonyl (C=O) groups excluding carboxylic acids is 1. The molecule has 0 unspecified atom stereocenters. The normalized spacial score (nSPS) is 15.1.